The molecule has 0 amide bonds. The first kappa shape index (κ1) is 14.0. The fourth-order valence-corrected chi connectivity index (χ4v) is 2.18. The van der Waals surface area contributed by atoms with Crippen LogP contribution >= 0.6 is 11.6 Å². The number of alkyl halides is 1. The van der Waals surface area contributed by atoms with E-state index in [0.29, 0.717) is 12.3 Å². The van der Waals surface area contributed by atoms with Crippen LogP contribution in [0, 0.1) is 5.41 Å². The zero-order chi connectivity index (χ0) is 11.2. The van der Waals surface area contributed by atoms with Gasteiger partial charge in [-0.05, 0) is 18.3 Å². The van der Waals surface area contributed by atoms with E-state index in [1.807, 2.05) is 6.92 Å². The summed E-state index contributed by atoms with van der Waals surface area (Å²) in [5, 5.41) is 0. The Hall–Kier alpha value is -0.0200. The second-order valence-electron chi connectivity index (χ2n) is 3.83. The summed E-state index contributed by atoms with van der Waals surface area (Å²) in [6.45, 7) is 7.37. The van der Waals surface area contributed by atoms with E-state index < -0.39 is 9.84 Å². The molecule has 1 atom stereocenters. The molecule has 0 saturated carbocycles. The summed E-state index contributed by atoms with van der Waals surface area (Å²) >= 11 is 5.77. The van der Waals surface area contributed by atoms with Gasteiger partial charge in [-0.15, -0.1) is 18.2 Å². The number of sulfone groups is 1. The van der Waals surface area contributed by atoms with Crippen LogP contribution in [0.25, 0.3) is 0 Å². The molecular weight excluding hydrogens is 220 g/mol. The van der Waals surface area contributed by atoms with E-state index >= 15 is 0 Å². The Morgan fingerprint density at radius 3 is 2.43 bits per heavy atom. The molecule has 0 aromatic heterocycles. The molecule has 0 radical (unpaired) electrons. The van der Waals surface area contributed by atoms with Gasteiger partial charge >= 0.3 is 0 Å². The minimum Gasteiger partial charge on any atom is -0.229 e. The summed E-state index contributed by atoms with van der Waals surface area (Å²) in [5.41, 5.74) is -0.134. The van der Waals surface area contributed by atoms with Gasteiger partial charge in [0.25, 0.3) is 0 Å². The summed E-state index contributed by atoms with van der Waals surface area (Å²) in [4.78, 5) is 0. The van der Waals surface area contributed by atoms with Gasteiger partial charge in [0, 0.05) is 11.6 Å². The largest absolute Gasteiger partial charge is 0.229 e. The number of rotatable bonds is 7. The molecule has 0 rings (SSSR count). The van der Waals surface area contributed by atoms with E-state index in [1.54, 1.807) is 13.0 Å². The van der Waals surface area contributed by atoms with Crippen molar-refractivity contribution in [3.05, 3.63) is 12.7 Å². The maximum absolute atomic E-state index is 11.2. The third-order valence-corrected chi connectivity index (χ3v) is 4.84. The van der Waals surface area contributed by atoms with Crippen molar-refractivity contribution in [1.29, 1.82) is 0 Å². The summed E-state index contributed by atoms with van der Waals surface area (Å²) < 4.78 is 22.4. The molecule has 0 saturated heterocycles. The van der Waals surface area contributed by atoms with Crippen LogP contribution in [0.4, 0.5) is 0 Å². The van der Waals surface area contributed by atoms with Crippen LogP contribution in [0.2, 0.25) is 0 Å². The highest BCUT2D eigenvalue weighted by Gasteiger charge is 2.19. The molecule has 0 aliphatic rings. The summed E-state index contributed by atoms with van der Waals surface area (Å²) in [5.74, 6) is 0.963. The average Bonchev–Trinajstić information content (AvgIpc) is 2.17. The van der Waals surface area contributed by atoms with Crippen LogP contribution < -0.4 is 0 Å². The lowest BCUT2D eigenvalue weighted by Crippen LogP contribution is -2.17. The number of halogens is 1. The van der Waals surface area contributed by atoms with Gasteiger partial charge in [-0.3, -0.25) is 0 Å². The minimum absolute atomic E-state index is 0.134. The Morgan fingerprint density at radius 2 is 2.07 bits per heavy atom. The molecule has 0 aromatic rings. The van der Waals surface area contributed by atoms with Gasteiger partial charge < -0.3 is 0 Å². The quantitative estimate of drug-likeness (QED) is 0.505. The second kappa shape index (κ2) is 5.76. The Kier molecular flexibility index (Phi) is 5.75. The lowest BCUT2D eigenvalue weighted by molar-refractivity contribution is 0.439. The van der Waals surface area contributed by atoms with Crippen molar-refractivity contribution in [2.24, 2.45) is 5.41 Å². The SMILES string of the molecule is C=CC(C)(CCl)CCCS(=O)(=O)CC. The van der Waals surface area contributed by atoms with Gasteiger partial charge in [0.05, 0.1) is 5.75 Å². The third-order valence-electron chi connectivity index (χ3n) is 2.44. The molecule has 0 heterocycles. The Bertz CT molecular complexity index is 272. The maximum atomic E-state index is 11.2. The molecule has 0 aromatic carbocycles. The van der Waals surface area contributed by atoms with E-state index in [2.05, 4.69) is 6.58 Å². The highest BCUT2D eigenvalue weighted by Crippen LogP contribution is 2.26. The third kappa shape index (κ3) is 5.01. The molecular formula is C10H19ClO2S. The van der Waals surface area contributed by atoms with Crippen molar-refractivity contribution in [2.75, 3.05) is 17.4 Å². The van der Waals surface area contributed by atoms with Crippen LogP contribution in [-0.2, 0) is 9.84 Å². The summed E-state index contributed by atoms with van der Waals surface area (Å²) in [7, 11) is -2.84. The van der Waals surface area contributed by atoms with Crippen molar-refractivity contribution in [1.82, 2.24) is 0 Å². The summed E-state index contributed by atoms with van der Waals surface area (Å²) in [6, 6.07) is 0. The highest BCUT2D eigenvalue weighted by molar-refractivity contribution is 7.91. The van der Waals surface area contributed by atoms with Crippen LogP contribution in [0.1, 0.15) is 26.7 Å². The van der Waals surface area contributed by atoms with Crippen LogP contribution in [0.3, 0.4) is 0 Å². The predicted octanol–water partition coefficient (Wildman–Crippen LogP) is 2.63. The molecule has 1 unspecified atom stereocenters. The highest BCUT2D eigenvalue weighted by atomic mass is 35.5. The van der Waals surface area contributed by atoms with Crippen molar-refractivity contribution < 1.29 is 8.42 Å². The number of hydrogen-bond acceptors (Lipinski definition) is 2. The molecule has 0 spiro atoms. The molecule has 0 aliphatic carbocycles. The summed E-state index contributed by atoms with van der Waals surface area (Å²) in [6.07, 6.45) is 3.24. The Balaban J connectivity index is 4.02. The van der Waals surface area contributed by atoms with E-state index in [0.717, 1.165) is 6.42 Å². The normalized spacial score (nSPS) is 16.2. The van der Waals surface area contributed by atoms with Crippen LogP contribution in [0.5, 0.6) is 0 Å². The second-order valence-corrected chi connectivity index (χ2v) is 6.57. The van der Waals surface area contributed by atoms with E-state index in [-0.39, 0.29) is 16.9 Å². The first-order chi connectivity index (χ1) is 6.39. The van der Waals surface area contributed by atoms with Gasteiger partial charge in [0.2, 0.25) is 0 Å². The first-order valence-corrected chi connectivity index (χ1v) is 7.14. The van der Waals surface area contributed by atoms with Gasteiger partial charge in [0.1, 0.15) is 9.84 Å². The van der Waals surface area contributed by atoms with Crippen molar-refractivity contribution in [2.45, 2.75) is 26.7 Å². The molecule has 0 bridgehead atoms. The monoisotopic (exact) mass is 238 g/mol. The lowest BCUT2D eigenvalue weighted by Gasteiger charge is -2.22. The smallest absolute Gasteiger partial charge is 0.150 e. The maximum Gasteiger partial charge on any atom is 0.150 e. The number of hydrogen-bond donors (Lipinski definition) is 0. The predicted molar refractivity (Wildman–Crippen MR) is 62.6 cm³/mol. The average molecular weight is 239 g/mol. The Labute approximate surface area is 92.3 Å². The van der Waals surface area contributed by atoms with Gasteiger partial charge in [0.15, 0.2) is 0 Å². The van der Waals surface area contributed by atoms with E-state index in [1.165, 1.54) is 0 Å². The van der Waals surface area contributed by atoms with Crippen LogP contribution in [0.15, 0.2) is 12.7 Å². The zero-order valence-corrected chi connectivity index (χ0v) is 10.5. The molecule has 2 nitrogen and oxygen atoms in total. The lowest BCUT2D eigenvalue weighted by atomic mass is 9.88. The molecule has 14 heavy (non-hydrogen) atoms. The molecule has 4 heteroatoms. The van der Waals surface area contributed by atoms with Gasteiger partial charge in [-0.1, -0.05) is 19.9 Å². The Morgan fingerprint density at radius 1 is 1.50 bits per heavy atom. The van der Waals surface area contributed by atoms with Crippen molar-refractivity contribution in [3.8, 4) is 0 Å². The fourth-order valence-electron chi connectivity index (χ4n) is 1.06. The topological polar surface area (TPSA) is 34.1 Å². The fraction of sp³-hybridized carbons (Fsp3) is 0.800. The minimum atomic E-state index is -2.84. The van der Waals surface area contributed by atoms with Crippen molar-refractivity contribution in [3.63, 3.8) is 0 Å². The molecule has 0 fully saturated rings. The zero-order valence-electron chi connectivity index (χ0n) is 8.92. The molecule has 0 aliphatic heterocycles. The standard InChI is InChI=1S/C10H19ClO2S/c1-4-10(3,9-11)7-6-8-14(12,13)5-2/h4H,1,5-9H2,2-3H3. The first-order valence-electron chi connectivity index (χ1n) is 4.79. The van der Waals surface area contributed by atoms with E-state index in [9.17, 15) is 8.42 Å². The van der Waals surface area contributed by atoms with Gasteiger partial charge in [-0.25, -0.2) is 8.42 Å². The van der Waals surface area contributed by atoms with Crippen LogP contribution in [-0.4, -0.2) is 25.8 Å². The number of allylic oxidation sites excluding steroid dienone is 1. The van der Waals surface area contributed by atoms with Crippen molar-refractivity contribution >= 4 is 21.4 Å². The molecule has 84 valence electrons. The van der Waals surface area contributed by atoms with E-state index in [4.69, 9.17) is 11.6 Å². The molecule has 0 N–H and O–H groups in total. The van der Waals surface area contributed by atoms with Gasteiger partial charge in [-0.2, -0.15) is 0 Å².